The van der Waals surface area contributed by atoms with Crippen LogP contribution < -0.4 is 5.32 Å². The summed E-state index contributed by atoms with van der Waals surface area (Å²) in [6, 6.07) is -0.158. The molecular weight excluding hydrogens is 330 g/mol. The molecule has 1 amide bonds. The van der Waals surface area contributed by atoms with Crippen molar-refractivity contribution in [2.45, 2.75) is 104 Å². The van der Waals surface area contributed by atoms with Crippen molar-refractivity contribution in [1.82, 2.24) is 5.32 Å². The van der Waals surface area contributed by atoms with Gasteiger partial charge in [0.2, 0.25) is 0 Å². The van der Waals surface area contributed by atoms with Gasteiger partial charge in [0.05, 0.1) is 12.0 Å². The fourth-order valence-electron chi connectivity index (χ4n) is 4.22. The Morgan fingerprint density at radius 3 is 2.42 bits per heavy atom. The zero-order valence-corrected chi connectivity index (χ0v) is 17.2. The highest BCUT2D eigenvalue weighted by Crippen LogP contribution is 2.33. The molecule has 0 aromatic rings. The summed E-state index contributed by atoms with van der Waals surface area (Å²) in [5.74, 6) is 0.895. The Morgan fingerprint density at radius 2 is 1.85 bits per heavy atom. The predicted octanol–water partition coefficient (Wildman–Crippen LogP) is 4.83. The van der Waals surface area contributed by atoms with Crippen molar-refractivity contribution in [3.8, 4) is 0 Å². The van der Waals surface area contributed by atoms with E-state index in [2.05, 4.69) is 19.2 Å². The van der Waals surface area contributed by atoms with Crippen molar-refractivity contribution < 1.29 is 19.1 Å². The Hall–Kier alpha value is -1.26. The van der Waals surface area contributed by atoms with Crippen molar-refractivity contribution in [2.75, 3.05) is 0 Å². The summed E-state index contributed by atoms with van der Waals surface area (Å²) in [6.07, 6.45) is 7.96. The molecule has 1 N–H and O–H groups in total. The third kappa shape index (κ3) is 6.81. The molecule has 1 heterocycles. The van der Waals surface area contributed by atoms with E-state index < -0.39 is 11.7 Å². The molecule has 1 aliphatic heterocycles. The van der Waals surface area contributed by atoms with Crippen LogP contribution in [0, 0.1) is 17.8 Å². The molecule has 0 unspecified atom stereocenters. The minimum Gasteiger partial charge on any atom is -0.460 e. The lowest BCUT2D eigenvalue weighted by atomic mass is 9.82. The second-order valence-corrected chi connectivity index (χ2v) is 9.53. The Labute approximate surface area is 158 Å². The van der Waals surface area contributed by atoms with E-state index in [-0.39, 0.29) is 24.0 Å². The van der Waals surface area contributed by atoms with Crippen LogP contribution in [0.25, 0.3) is 0 Å². The van der Waals surface area contributed by atoms with Gasteiger partial charge < -0.3 is 14.8 Å². The van der Waals surface area contributed by atoms with Crippen molar-refractivity contribution in [3.05, 3.63) is 0 Å². The quantitative estimate of drug-likeness (QED) is 0.683. The second kappa shape index (κ2) is 9.09. The van der Waals surface area contributed by atoms with Gasteiger partial charge in [0, 0.05) is 0 Å². The number of rotatable bonds is 6. The first-order valence-corrected chi connectivity index (χ1v) is 10.3. The van der Waals surface area contributed by atoms with Crippen LogP contribution >= 0.6 is 0 Å². The molecule has 5 nitrogen and oxygen atoms in total. The predicted molar refractivity (Wildman–Crippen MR) is 102 cm³/mol. The highest BCUT2D eigenvalue weighted by Gasteiger charge is 2.40. The van der Waals surface area contributed by atoms with E-state index in [1.165, 1.54) is 32.1 Å². The topological polar surface area (TPSA) is 64.6 Å². The van der Waals surface area contributed by atoms with Gasteiger partial charge in [0.25, 0.3) is 0 Å². The zero-order valence-electron chi connectivity index (χ0n) is 17.2. The Balaban J connectivity index is 2.02. The Bertz CT molecular complexity index is 477. The molecule has 0 spiro atoms. The maximum atomic E-state index is 12.3. The first-order valence-electron chi connectivity index (χ1n) is 10.3. The molecule has 150 valence electrons. The number of nitrogens with one attached hydrogen (secondary N) is 1. The maximum Gasteiger partial charge on any atom is 0.408 e. The summed E-state index contributed by atoms with van der Waals surface area (Å²) in [6.45, 7) is 9.82. The summed E-state index contributed by atoms with van der Waals surface area (Å²) in [7, 11) is 0. The normalized spacial score (nSPS) is 25.8. The summed E-state index contributed by atoms with van der Waals surface area (Å²) in [5.41, 5.74) is -0.536. The number of carbonyl (C=O) groups is 2. The molecule has 26 heavy (non-hydrogen) atoms. The van der Waals surface area contributed by atoms with Gasteiger partial charge in [-0.05, 0) is 51.9 Å². The first-order chi connectivity index (χ1) is 12.1. The molecular formula is C21H37NO4. The molecule has 1 saturated carbocycles. The number of hydrogen-bond donors (Lipinski definition) is 1. The minimum absolute atomic E-state index is 0.0470. The van der Waals surface area contributed by atoms with Crippen LogP contribution in [-0.2, 0) is 14.3 Å². The summed E-state index contributed by atoms with van der Waals surface area (Å²) >= 11 is 0. The summed E-state index contributed by atoms with van der Waals surface area (Å²) in [5, 5.41) is 3.02. The standard InChI is InChI=1S/C21H37NO4/c1-14(2)11-16-13-18(25-19(16)23)17(12-15-9-7-6-8-10-15)22-20(24)26-21(3,4)5/h14-18H,6-13H2,1-5H3,(H,22,24)/t16-,17+,18+/m1/s1. The SMILES string of the molecule is CC(C)C[C@@H]1C[C@@H]([C@H](CC2CCCCC2)NC(=O)OC(C)(C)C)OC1=O. The van der Waals surface area contributed by atoms with E-state index in [9.17, 15) is 9.59 Å². The fourth-order valence-corrected chi connectivity index (χ4v) is 4.22. The molecule has 0 aromatic carbocycles. The van der Waals surface area contributed by atoms with Crippen LogP contribution in [0.1, 0.15) is 86.0 Å². The molecule has 0 radical (unpaired) electrons. The monoisotopic (exact) mass is 367 g/mol. The lowest BCUT2D eigenvalue weighted by Crippen LogP contribution is -2.46. The van der Waals surface area contributed by atoms with E-state index in [0.29, 0.717) is 18.3 Å². The van der Waals surface area contributed by atoms with Crippen molar-refractivity contribution in [1.29, 1.82) is 0 Å². The summed E-state index contributed by atoms with van der Waals surface area (Å²) < 4.78 is 11.1. The number of cyclic esters (lactones) is 1. The van der Waals surface area contributed by atoms with Crippen LogP contribution in [-0.4, -0.2) is 29.8 Å². The molecule has 5 heteroatoms. The number of alkyl carbamates (subject to hydrolysis) is 1. The smallest absolute Gasteiger partial charge is 0.408 e. The highest BCUT2D eigenvalue weighted by molar-refractivity contribution is 5.75. The van der Waals surface area contributed by atoms with Gasteiger partial charge in [-0.15, -0.1) is 0 Å². The molecule has 0 aromatic heterocycles. The van der Waals surface area contributed by atoms with Crippen LogP contribution in [0.5, 0.6) is 0 Å². The highest BCUT2D eigenvalue weighted by atomic mass is 16.6. The Morgan fingerprint density at radius 1 is 1.19 bits per heavy atom. The van der Waals surface area contributed by atoms with Gasteiger partial charge in [0.1, 0.15) is 11.7 Å². The number of ether oxygens (including phenoxy) is 2. The van der Waals surface area contributed by atoms with Crippen LogP contribution in [0.4, 0.5) is 4.79 Å². The van der Waals surface area contributed by atoms with Gasteiger partial charge in [-0.25, -0.2) is 4.79 Å². The van der Waals surface area contributed by atoms with Crippen LogP contribution in [0.2, 0.25) is 0 Å². The van der Waals surface area contributed by atoms with Gasteiger partial charge >= 0.3 is 12.1 Å². The van der Waals surface area contributed by atoms with Gasteiger partial charge in [-0.1, -0.05) is 46.0 Å². The van der Waals surface area contributed by atoms with E-state index in [1.54, 1.807) is 0 Å². The van der Waals surface area contributed by atoms with Gasteiger partial charge in [-0.2, -0.15) is 0 Å². The van der Waals surface area contributed by atoms with Crippen molar-refractivity contribution >= 4 is 12.1 Å². The third-order valence-corrected chi connectivity index (χ3v) is 5.34. The van der Waals surface area contributed by atoms with E-state index >= 15 is 0 Å². The van der Waals surface area contributed by atoms with E-state index in [1.807, 2.05) is 20.8 Å². The van der Waals surface area contributed by atoms with Crippen molar-refractivity contribution in [3.63, 3.8) is 0 Å². The second-order valence-electron chi connectivity index (χ2n) is 9.53. The average molecular weight is 368 g/mol. The zero-order chi connectivity index (χ0) is 19.3. The molecule has 3 atom stereocenters. The van der Waals surface area contributed by atoms with E-state index in [0.717, 1.165) is 12.8 Å². The van der Waals surface area contributed by atoms with Crippen molar-refractivity contribution in [2.24, 2.45) is 17.8 Å². The van der Waals surface area contributed by atoms with Crippen LogP contribution in [0.15, 0.2) is 0 Å². The number of amides is 1. The summed E-state index contributed by atoms with van der Waals surface area (Å²) in [4.78, 5) is 24.6. The molecule has 1 saturated heterocycles. The van der Waals surface area contributed by atoms with Crippen LogP contribution in [0.3, 0.4) is 0 Å². The lowest BCUT2D eigenvalue weighted by molar-refractivity contribution is -0.145. The lowest BCUT2D eigenvalue weighted by Gasteiger charge is -2.31. The molecule has 0 bridgehead atoms. The Kier molecular flexibility index (Phi) is 7.36. The molecule has 1 aliphatic carbocycles. The number of hydrogen-bond acceptors (Lipinski definition) is 4. The van der Waals surface area contributed by atoms with E-state index in [4.69, 9.17) is 9.47 Å². The largest absolute Gasteiger partial charge is 0.460 e. The number of carbonyl (C=O) groups excluding carboxylic acids is 2. The van der Waals surface area contributed by atoms with Gasteiger partial charge in [-0.3, -0.25) is 4.79 Å². The molecule has 2 fully saturated rings. The molecule has 2 rings (SSSR count). The average Bonchev–Trinajstić information content (AvgIpc) is 2.86. The molecule has 2 aliphatic rings. The fraction of sp³-hybridized carbons (Fsp3) is 0.905. The van der Waals surface area contributed by atoms with Gasteiger partial charge in [0.15, 0.2) is 0 Å². The third-order valence-electron chi connectivity index (χ3n) is 5.34. The maximum absolute atomic E-state index is 12.3. The first kappa shape index (κ1) is 21.0. The number of esters is 1. The minimum atomic E-state index is -0.536.